The van der Waals surface area contributed by atoms with Crippen LogP contribution in [0.25, 0.3) is 0 Å². The SMILES string of the molecule is COc1cccc(CCc2cc(N3CC=CC=C3C)n[nH]2)c1. The summed E-state index contributed by atoms with van der Waals surface area (Å²) in [4.78, 5) is 2.20. The topological polar surface area (TPSA) is 41.1 Å². The van der Waals surface area contributed by atoms with E-state index in [-0.39, 0.29) is 0 Å². The zero-order chi connectivity index (χ0) is 15.4. The molecular weight excluding hydrogens is 274 g/mol. The van der Waals surface area contributed by atoms with E-state index in [1.54, 1.807) is 7.11 Å². The molecule has 0 saturated carbocycles. The predicted molar refractivity (Wildman–Crippen MR) is 89.2 cm³/mol. The molecular formula is C18H21N3O. The van der Waals surface area contributed by atoms with Crippen LogP contribution in [0.15, 0.2) is 54.3 Å². The summed E-state index contributed by atoms with van der Waals surface area (Å²) in [7, 11) is 1.70. The van der Waals surface area contributed by atoms with E-state index in [9.17, 15) is 0 Å². The monoisotopic (exact) mass is 295 g/mol. The minimum atomic E-state index is 0.877. The fourth-order valence-electron chi connectivity index (χ4n) is 2.60. The molecule has 1 aliphatic rings. The van der Waals surface area contributed by atoms with E-state index in [0.717, 1.165) is 36.6 Å². The van der Waals surface area contributed by atoms with E-state index in [4.69, 9.17) is 4.74 Å². The van der Waals surface area contributed by atoms with Gasteiger partial charge < -0.3 is 9.64 Å². The van der Waals surface area contributed by atoms with Gasteiger partial charge in [0.05, 0.1) is 7.11 Å². The molecule has 0 saturated heterocycles. The van der Waals surface area contributed by atoms with Gasteiger partial charge in [-0.3, -0.25) is 5.10 Å². The van der Waals surface area contributed by atoms with Crippen LogP contribution < -0.4 is 9.64 Å². The Morgan fingerprint density at radius 3 is 3.00 bits per heavy atom. The fourth-order valence-corrected chi connectivity index (χ4v) is 2.60. The first-order chi connectivity index (χ1) is 10.8. The van der Waals surface area contributed by atoms with E-state index in [2.05, 4.69) is 58.4 Å². The molecule has 0 aliphatic carbocycles. The molecule has 1 N–H and O–H groups in total. The van der Waals surface area contributed by atoms with Gasteiger partial charge in [-0.2, -0.15) is 5.10 Å². The van der Waals surface area contributed by atoms with Crippen LogP contribution >= 0.6 is 0 Å². The number of ether oxygens (including phenoxy) is 1. The molecule has 4 heteroatoms. The molecule has 2 heterocycles. The smallest absolute Gasteiger partial charge is 0.155 e. The number of aromatic amines is 1. The second-order valence-electron chi connectivity index (χ2n) is 5.45. The molecule has 3 rings (SSSR count). The summed E-state index contributed by atoms with van der Waals surface area (Å²) in [6, 6.07) is 10.3. The highest BCUT2D eigenvalue weighted by Crippen LogP contribution is 2.21. The first-order valence-corrected chi connectivity index (χ1v) is 7.54. The van der Waals surface area contributed by atoms with Gasteiger partial charge in [-0.1, -0.05) is 24.3 Å². The molecule has 0 radical (unpaired) electrons. The third kappa shape index (κ3) is 3.22. The van der Waals surface area contributed by atoms with E-state index in [1.165, 1.54) is 11.3 Å². The number of aromatic nitrogens is 2. The Hall–Kier alpha value is -2.49. The van der Waals surface area contributed by atoms with Gasteiger partial charge in [-0.05, 0) is 43.5 Å². The average Bonchev–Trinajstić information content (AvgIpc) is 3.02. The van der Waals surface area contributed by atoms with E-state index < -0.39 is 0 Å². The van der Waals surface area contributed by atoms with Crippen molar-refractivity contribution < 1.29 is 4.74 Å². The molecule has 0 atom stereocenters. The molecule has 0 bridgehead atoms. The molecule has 0 fully saturated rings. The highest BCUT2D eigenvalue weighted by atomic mass is 16.5. The Morgan fingerprint density at radius 2 is 2.18 bits per heavy atom. The maximum Gasteiger partial charge on any atom is 0.155 e. The molecule has 1 aromatic heterocycles. The number of aryl methyl sites for hydroxylation is 2. The third-order valence-corrected chi connectivity index (χ3v) is 3.90. The predicted octanol–water partition coefficient (Wildman–Crippen LogP) is 3.48. The van der Waals surface area contributed by atoms with Crippen LogP contribution in [-0.2, 0) is 12.8 Å². The lowest BCUT2D eigenvalue weighted by molar-refractivity contribution is 0.414. The molecule has 2 aromatic rings. The highest BCUT2D eigenvalue weighted by molar-refractivity contribution is 5.49. The Balaban J connectivity index is 1.64. The number of benzene rings is 1. The van der Waals surface area contributed by atoms with Gasteiger partial charge >= 0.3 is 0 Å². The van der Waals surface area contributed by atoms with Gasteiger partial charge in [0, 0.05) is 24.0 Å². The Labute approximate surface area is 131 Å². The summed E-state index contributed by atoms with van der Waals surface area (Å²) < 4.78 is 5.26. The second-order valence-corrected chi connectivity index (χ2v) is 5.45. The zero-order valence-corrected chi connectivity index (χ0v) is 13.0. The minimum Gasteiger partial charge on any atom is -0.497 e. The van der Waals surface area contributed by atoms with Crippen molar-refractivity contribution in [3.8, 4) is 5.75 Å². The fraction of sp³-hybridized carbons (Fsp3) is 0.278. The minimum absolute atomic E-state index is 0.877. The summed E-state index contributed by atoms with van der Waals surface area (Å²) in [5.74, 6) is 1.89. The summed E-state index contributed by atoms with van der Waals surface area (Å²) in [6.45, 7) is 2.98. The van der Waals surface area contributed by atoms with Crippen molar-refractivity contribution in [2.24, 2.45) is 0 Å². The molecule has 1 aromatic carbocycles. The lowest BCUT2D eigenvalue weighted by Gasteiger charge is -2.23. The van der Waals surface area contributed by atoms with Crippen LogP contribution in [-0.4, -0.2) is 23.9 Å². The number of hydrogen-bond donors (Lipinski definition) is 1. The molecule has 22 heavy (non-hydrogen) atoms. The zero-order valence-electron chi connectivity index (χ0n) is 13.0. The first-order valence-electron chi connectivity index (χ1n) is 7.54. The highest BCUT2D eigenvalue weighted by Gasteiger charge is 2.12. The number of anilines is 1. The second kappa shape index (κ2) is 6.52. The maximum atomic E-state index is 5.26. The van der Waals surface area contributed by atoms with Crippen LogP contribution in [0, 0.1) is 0 Å². The van der Waals surface area contributed by atoms with E-state index in [0.29, 0.717) is 0 Å². The van der Waals surface area contributed by atoms with Crippen LogP contribution in [0.1, 0.15) is 18.2 Å². The number of nitrogens with one attached hydrogen (secondary N) is 1. The summed E-state index contributed by atoms with van der Waals surface area (Å²) in [5, 5.41) is 7.59. The van der Waals surface area contributed by atoms with Crippen molar-refractivity contribution in [1.29, 1.82) is 0 Å². The van der Waals surface area contributed by atoms with Gasteiger partial charge in [0.1, 0.15) is 5.75 Å². The standard InChI is InChI=1S/C18H21N3O/c1-14-6-3-4-11-21(14)18-13-16(19-20-18)10-9-15-7-5-8-17(12-15)22-2/h3-8,12-13H,9-11H2,1-2H3,(H,19,20). The van der Waals surface area contributed by atoms with Crippen molar-refractivity contribution in [2.75, 3.05) is 18.6 Å². The van der Waals surface area contributed by atoms with Crippen molar-refractivity contribution in [2.45, 2.75) is 19.8 Å². The summed E-state index contributed by atoms with van der Waals surface area (Å²) >= 11 is 0. The van der Waals surface area contributed by atoms with E-state index >= 15 is 0 Å². The van der Waals surface area contributed by atoms with Crippen LogP contribution in [0.2, 0.25) is 0 Å². The normalized spacial score (nSPS) is 14.1. The molecule has 114 valence electrons. The van der Waals surface area contributed by atoms with Crippen molar-refractivity contribution >= 4 is 5.82 Å². The number of hydrogen-bond acceptors (Lipinski definition) is 3. The molecule has 0 spiro atoms. The third-order valence-electron chi connectivity index (χ3n) is 3.90. The van der Waals surface area contributed by atoms with E-state index in [1.807, 2.05) is 12.1 Å². The van der Waals surface area contributed by atoms with Gasteiger partial charge in [-0.15, -0.1) is 0 Å². The number of H-pyrrole nitrogens is 1. The van der Waals surface area contributed by atoms with Gasteiger partial charge in [0.2, 0.25) is 0 Å². The average molecular weight is 295 g/mol. The molecule has 0 unspecified atom stereocenters. The summed E-state index contributed by atoms with van der Waals surface area (Å²) in [5.41, 5.74) is 3.64. The molecule has 4 nitrogen and oxygen atoms in total. The first kappa shape index (κ1) is 14.4. The molecule has 0 amide bonds. The number of methoxy groups -OCH3 is 1. The maximum absolute atomic E-state index is 5.26. The van der Waals surface area contributed by atoms with Gasteiger partial charge in [0.15, 0.2) is 5.82 Å². The van der Waals surface area contributed by atoms with Crippen molar-refractivity contribution in [1.82, 2.24) is 10.2 Å². The van der Waals surface area contributed by atoms with Crippen LogP contribution in [0.5, 0.6) is 5.75 Å². The van der Waals surface area contributed by atoms with Crippen molar-refractivity contribution in [3.05, 3.63) is 65.5 Å². The lowest BCUT2D eigenvalue weighted by Crippen LogP contribution is -2.22. The number of rotatable bonds is 5. The Morgan fingerprint density at radius 1 is 1.27 bits per heavy atom. The summed E-state index contributed by atoms with van der Waals surface area (Å²) in [6.07, 6.45) is 8.23. The Kier molecular flexibility index (Phi) is 4.28. The quantitative estimate of drug-likeness (QED) is 0.918. The van der Waals surface area contributed by atoms with Crippen LogP contribution in [0.4, 0.5) is 5.82 Å². The van der Waals surface area contributed by atoms with Crippen LogP contribution in [0.3, 0.4) is 0 Å². The number of nitrogens with zero attached hydrogens (tertiary/aromatic N) is 2. The molecule has 1 aliphatic heterocycles. The lowest BCUT2D eigenvalue weighted by atomic mass is 10.1. The van der Waals surface area contributed by atoms with Gasteiger partial charge in [-0.25, -0.2) is 0 Å². The number of allylic oxidation sites excluding steroid dienone is 3. The Bertz CT molecular complexity index is 700. The van der Waals surface area contributed by atoms with Crippen molar-refractivity contribution in [3.63, 3.8) is 0 Å². The largest absolute Gasteiger partial charge is 0.497 e. The van der Waals surface area contributed by atoms with Gasteiger partial charge in [0.25, 0.3) is 0 Å².